The van der Waals surface area contributed by atoms with Gasteiger partial charge < -0.3 is 10.1 Å². The molecule has 1 N–H and O–H groups in total. The van der Waals surface area contributed by atoms with Gasteiger partial charge in [-0.2, -0.15) is 0 Å². The molecule has 0 bridgehead atoms. The van der Waals surface area contributed by atoms with Crippen LogP contribution in [0.4, 0.5) is 0 Å². The lowest BCUT2D eigenvalue weighted by Gasteiger charge is -2.35. The van der Waals surface area contributed by atoms with Gasteiger partial charge in [0.1, 0.15) is 5.75 Å². The molecular formula is C18H26N2O2. The molecule has 3 rings (SSSR count). The number of carbonyl (C=O) groups is 1. The molecular weight excluding hydrogens is 276 g/mol. The van der Waals surface area contributed by atoms with Gasteiger partial charge in [0.05, 0.1) is 0 Å². The van der Waals surface area contributed by atoms with Crippen LogP contribution in [-0.4, -0.2) is 36.7 Å². The van der Waals surface area contributed by atoms with E-state index in [1.54, 1.807) is 0 Å². The minimum atomic E-state index is 0.0247. The number of rotatable bonds is 5. The molecule has 22 heavy (non-hydrogen) atoms. The van der Waals surface area contributed by atoms with E-state index in [0.717, 1.165) is 49.2 Å². The lowest BCUT2D eigenvalue weighted by molar-refractivity contribution is 0.00525. The van der Waals surface area contributed by atoms with Crippen molar-refractivity contribution in [2.45, 2.75) is 51.7 Å². The number of benzene rings is 1. The molecule has 1 atom stereocenters. The maximum Gasteiger partial charge on any atom is 0.251 e. The van der Waals surface area contributed by atoms with Gasteiger partial charge in [-0.05, 0) is 37.8 Å². The van der Waals surface area contributed by atoms with Crippen LogP contribution in [0.25, 0.3) is 0 Å². The van der Waals surface area contributed by atoms with Gasteiger partial charge in [-0.1, -0.05) is 25.8 Å². The summed E-state index contributed by atoms with van der Waals surface area (Å²) in [4.78, 5) is 14.4. The van der Waals surface area contributed by atoms with Crippen molar-refractivity contribution in [2.75, 3.05) is 19.6 Å². The van der Waals surface area contributed by atoms with Crippen LogP contribution in [0.1, 0.15) is 54.9 Å². The van der Waals surface area contributed by atoms with Crippen LogP contribution >= 0.6 is 0 Å². The fourth-order valence-corrected chi connectivity index (χ4v) is 3.46. The fraction of sp³-hybridized carbons (Fsp3) is 0.611. The van der Waals surface area contributed by atoms with Crippen molar-refractivity contribution < 1.29 is 9.53 Å². The van der Waals surface area contributed by atoms with Gasteiger partial charge in [0.15, 0.2) is 6.23 Å². The van der Waals surface area contributed by atoms with Crippen LogP contribution < -0.4 is 10.1 Å². The molecule has 4 heteroatoms. The van der Waals surface area contributed by atoms with E-state index in [2.05, 4.69) is 17.1 Å². The molecule has 1 fully saturated rings. The Balaban J connectivity index is 1.80. The Morgan fingerprint density at radius 3 is 2.86 bits per heavy atom. The third kappa shape index (κ3) is 3.27. The van der Waals surface area contributed by atoms with Gasteiger partial charge in [-0.15, -0.1) is 0 Å². The van der Waals surface area contributed by atoms with E-state index in [-0.39, 0.29) is 12.1 Å². The summed E-state index contributed by atoms with van der Waals surface area (Å²) >= 11 is 0. The normalized spacial score (nSPS) is 20.1. The van der Waals surface area contributed by atoms with Crippen LogP contribution in [0.3, 0.4) is 0 Å². The van der Waals surface area contributed by atoms with E-state index in [4.69, 9.17) is 4.74 Å². The average Bonchev–Trinajstić information content (AvgIpc) is 2.56. The Morgan fingerprint density at radius 1 is 1.27 bits per heavy atom. The van der Waals surface area contributed by atoms with E-state index in [1.165, 1.54) is 19.3 Å². The summed E-state index contributed by atoms with van der Waals surface area (Å²) in [7, 11) is 0. The molecule has 0 radical (unpaired) electrons. The van der Waals surface area contributed by atoms with Gasteiger partial charge in [0, 0.05) is 30.8 Å². The highest BCUT2D eigenvalue weighted by Gasteiger charge is 2.25. The van der Waals surface area contributed by atoms with Crippen LogP contribution in [0, 0.1) is 0 Å². The number of fused-ring (bicyclic) bond motifs is 1. The topological polar surface area (TPSA) is 41.6 Å². The minimum Gasteiger partial charge on any atom is -0.475 e. The van der Waals surface area contributed by atoms with Crippen LogP contribution in [-0.2, 0) is 6.42 Å². The van der Waals surface area contributed by atoms with Crippen molar-refractivity contribution in [3.8, 4) is 5.75 Å². The molecule has 0 spiro atoms. The summed E-state index contributed by atoms with van der Waals surface area (Å²) < 4.78 is 6.39. The van der Waals surface area contributed by atoms with Gasteiger partial charge in [0.25, 0.3) is 5.91 Å². The second kappa shape index (κ2) is 7.14. The summed E-state index contributed by atoms with van der Waals surface area (Å²) in [5.74, 6) is 0.924. The quantitative estimate of drug-likeness (QED) is 0.909. The molecule has 4 nitrogen and oxygen atoms in total. The zero-order valence-corrected chi connectivity index (χ0v) is 13.4. The monoisotopic (exact) mass is 302 g/mol. The third-order valence-corrected chi connectivity index (χ3v) is 4.63. The predicted molar refractivity (Wildman–Crippen MR) is 87.2 cm³/mol. The molecule has 0 aromatic heterocycles. The van der Waals surface area contributed by atoms with Crippen molar-refractivity contribution in [1.82, 2.24) is 10.2 Å². The number of hydrogen-bond acceptors (Lipinski definition) is 3. The summed E-state index contributed by atoms with van der Waals surface area (Å²) in [6, 6.07) is 5.84. The Kier molecular flexibility index (Phi) is 4.98. The number of likely N-dealkylation sites (tertiary alicyclic amines) is 1. The van der Waals surface area contributed by atoms with Gasteiger partial charge >= 0.3 is 0 Å². The molecule has 1 amide bonds. The number of nitrogens with one attached hydrogen (secondary N) is 1. The first-order valence-corrected chi connectivity index (χ1v) is 8.60. The molecule has 1 saturated heterocycles. The van der Waals surface area contributed by atoms with E-state index in [1.807, 2.05) is 18.2 Å². The maximum absolute atomic E-state index is 12.0. The first kappa shape index (κ1) is 15.3. The summed E-state index contributed by atoms with van der Waals surface area (Å²) in [6.45, 7) is 5.16. The lowest BCUT2D eigenvalue weighted by atomic mass is 9.99. The Hall–Kier alpha value is -1.55. The zero-order chi connectivity index (χ0) is 15.4. The molecule has 0 aliphatic carbocycles. The van der Waals surface area contributed by atoms with Crippen LogP contribution in [0.15, 0.2) is 18.2 Å². The molecule has 1 unspecified atom stereocenters. The highest BCUT2D eigenvalue weighted by molar-refractivity contribution is 5.97. The Morgan fingerprint density at radius 2 is 2.09 bits per heavy atom. The van der Waals surface area contributed by atoms with Gasteiger partial charge in [0.2, 0.25) is 0 Å². The molecule has 2 aliphatic rings. The molecule has 1 aromatic rings. The SMILES string of the molecule is CCCC(Oc1cccc2c1CCNC2=O)N1CCCCC1. The zero-order valence-electron chi connectivity index (χ0n) is 13.4. The molecule has 2 aliphatic heterocycles. The summed E-state index contributed by atoms with van der Waals surface area (Å²) in [5.41, 5.74) is 1.85. The van der Waals surface area contributed by atoms with Crippen molar-refractivity contribution in [1.29, 1.82) is 0 Å². The number of ether oxygens (including phenoxy) is 1. The summed E-state index contributed by atoms with van der Waals surface area (Å²) in [5, 5.41) is 2.90. The molecule has 0 saturated carbocycles. The minimum absolute atomic E-state index is 0.0247. The number of nitrogens with zero attached hydrogens (tertiary/aromatic N) is 1. The van der Waals surface area contributed by atoms with Crippen LogP contribution in [0.5, 0.6) is 5.75 Å². The van der Waals surface area contributed by atoms with E-state index in [0.29, 0.717) is 6.54 Å². The summed E-state index contributed by atoms with van der Waals surface area (Å²) in [6.07, 6.45) is 7.00. The van der Waals surface area contributed by atoms with Crippen molar-refractivity contribution in [3.05, 3.63) is 29.3 Å². The predicted octanol–water partition coefficient (Wildman–Crippen LogP) is 2.96. The second-order valence-electron chi connectivity index (χ2n) is 6.25. The molecule has 1 aromatic carbocycles. The number of hydrogen-bond donors (Lipinski definition) is 1. The van der Waals surface area contributed by atoms with Crippen LogP contribution in [0.2, 0.25) is 0 Å². The Labute approximate surface area is 132 Å². The van der Waals surface area contributed by atoms with Crippen molar-refractivity contribution in [2.24, 2.45) is 0 Å². The van der Waals surface area contributed by atoms with Crippen molar-refractivity contribution >= 4 is 5.91 Å². The van der Waals surface area contributed by atoms with E-state index < -0.39 is 0 Å². The van der Waals surface area contributed by atoms with Crippen molar-refractivity contribution in [3.63, 3.8) is 0 Å². The number of carbonyl (C=O) groups excluding carboxylic acids is 1. The standard InChI is InChI=1S/C18H26N2O2/c1-2-7-17(20-12-4-3-5-13-20)22-16-9-6-8-15-14(16)10-11-19-18(15)21/h6,8-9,17H,2-5,7,10-13H2,1H3,(H,19,21). The smallest absolute Gasteiger partial charge is 0.251 e. The first-order chi connectivity index (χ1) is 10.8. The molecule has 120 valence electrons. The van der Waals surface area contributed by atoms with E-state index in [9.17, 15) is 4.79 Å². The maximum atomic E-state index is 12.0. The third-order valence-electron chi connectivity index (χ3n) is 4.63. The number of amides is 1. The van der Waals surface area contributed by atoms with Gasteiger partial charge in [-0.25, -0.2) is 0 Å². The average molecular weight is 302 g/mol. The van der Waals surface area contributed by atoms with Gasteiger partial charge in [-0.3, -0.25) is 9.69 Å². The largest absolute Gasteiger partial charge is 0.475 e. The lowest BCUT2D eigenvalue weighted by Crippen LogP contribution is -2.43. The highest BCUT2D eigenvalue weighted by atomic mass is 16.5. The Bertz CT molecular complexity index is 524. The van der Waals surface area contributed by atoms with E-state index >= 15 is 0 Å². The highest BCUT2D eigenvalue weighted by Crippen LogP contribution is 2.28. The first-order valence-electron chi connectivity index (χ1n) is 8.60. The fourth-order valence-electron chi connectivity index (χ4n) is 3.46. The second-order valence-corrected chi connectivity index (χ2v) is 6.25. The number of piperidine rings is 1. The molecule has 2 heterocycles.